The van der Waals surface area contributed by atoms with E-state index in [1.54, 1.807) is 5.32 Å². The third kappa shape index (κ3) is 3.64. The summed E-state index contributed by atoms with van der Waals surface area (Å²) in [5, 5.41) is 6.71. The number of nitrogens with zero attached hydrogens (tertiary/aromatic N) is 3. The van der Waals surface area contributed by atoms with Gasteiger partial charge in [0, 0.05) is 0 Å². The van der Waals surface area contributed by atoms with Gasteiger partial charge in [0.05, 0.1) is 5.76 Å². The van der Waals surface area contributed by atoms with Gasteiger partial charge in [-0.15, -0.1) is 10.2 Å². The molecule has 1 aliphatic rings. The fourth-order valence-corrected chi connectivity index (χ4v) is 1.96. The van der Waals surface area contributed by atoms with Crippen LogP contribution in [0.2, 0.25) is 0 Å². The fraction of sp³-hybridized carbons (Fsp3) is 0.333. The molecule has 0 aromatic carbocycles. The lowest BCUT2D eigenvalue weighted by Gasteiger charge is -2.31. The Morgan fingerprint density at radius 1 is 1.16 bits per heavy atom. The number of nitrogens with one attached hydrogen (secondary N) is 1. The predicted molar refractivity (Wildman–Crippen MR) is 69.3 cm³/mol. The van der Waals surface area contributed by atoms with Crippen LogP contribution in [0, 0.1) is 0 Å². The second-order valence-corrected chi connectivity index (χ2v) is 4.82. The number of alkyl halides is 6. The Bertz CT molecular complexity index is 758. The summed E-state index contributed by atoms with van der Waals surface area (Å²) in [6.45, 7) is 3.36. The van der Waals surface area contributed by atoms with E-state index in [0.717, 1.165) is 0 Å². The second-order valence-electron chi connectivity index (χ2n) is 4.82. The first-order valence-electron chi connectivity index (χ1n) is 6.32. The van der Waals surface area contributed by atoms with E-state index in [2.05, 4.69) is 21.5 Å². The van der Waals surface area contributed by atoms with Crippen molar-refractivity contribution < 1.29 is 40.7 Å². The Labute approximate surface area is 135 Å². The molecule has 1 aromatic rings. The number of carbonyl (C=O) groups excluding carboxylic acids is 2. The molecule has 13 heteroatoms. The van der Waals surface area contributed by atoms with Crippen molar-refractivity contribution in [3.8, 4) is 0 Å². The first-order chi connectivity index (χ1) is 11.3. The summed E-state index contributed by atoms with van der Waals surface area (Å²) >= 11 is 0. The molecule has 2 heterocycles. The highest BCUT2D eigenvalue weighted by Gasteiger charge is 2.48. The van der Waals surface area contributed by atoms with Crippen LogP contribution in [-0.2, 0) is 21.9 Å². The molecule has 0 saturated carbocycles. The number of anilines is 2. The summed E-state index contributed by atoms with van der Waals surface area (Å²) in [6.07, 6.45) is -12.0. The van der Waals surface area contributed by atoms with Crippen molar-refractivity contribution in [2.45, 2.75) is 19.3 Å². The maximum Gasteiger partial charge on any atom is 0.437 e. The van der Waals surface area contributed by atoms with Crippen LogP contribution in [0.4, 0.5) is 42.5 Å². The topological polar surface area (TPSA) is 84.4 Å². The van der Waals surface area contributed by atoms with Gasteiger partial charge in [0.15, 0.2) is 11.4 Å². The van der Waals surface area contributed by atoms with Gasteiger partial charge in [0.25, 0.3) is 0 Å². The molecule has 1 N–H and O–H groups in total. The average Bonchev–Trinajstić information content (AvgIpc) is 2.41. The number of allylic oxidation sites excluding steroid dienone is 1. The van der Waals surface area contributed by atoms with E-state index in [1.165, 1.54) is 6.92 Å². The first-order valence-corrected chi connectivity index (χ1v) is 6.32. The van der Waals surface area contributed by atoms with Gasteiger partial charge in [-0.25, -0.2) is 4.79 Å². The number of hydrogen-bond acceptors (Lipinski definition) is 5. The molecular weight excluding hydrogens is 362 g/mol. The number of fused-ring (bicyclic) bond motifs is 1. The standard InChI is InChI=1S/C12H8F6N4O3/c1-4(2)25-10(24)22-3-5(23)19-6-7(22)9(12(16,17)18)21-20-8(6)11(13,14)15/h1,3H2,2H3,(H,19,23). The smallest absolute Gasteiger partial charge is 0.415 e. The maximum atomic E-state index is 13.1. The predicted octanol–water partition coefficient (Wildman–Crippen LogP) is 2.94. The maximum absolute atomic E-state index is 13.1. The summed E-state index contributed by atoms with van der Waals surface area (Å²) in [4.78, 5) is 23.6. The van der Waals surface area contributed by atoms with Gasteiger partial charge in [-0.2, -0.15) is 26.3 Å². The normalized spacial score (nSPS) is 14.7. The average molecular weight is 370 g/mol. The van der Waals surface area contributed by atoms with Crippen molar-refractivity contribution in [3.63, 3.8) is 0 Å². The van der Waals surface area contributed by atoms with Crippen LogP contribution in [0.25, 0.3) is 0 Å². The fourth-order valence-electron chi connectivity index (χ4n) is 1.96. The summed E-state index contributed by atoms with van der Waals surface area (Å²) < 4.78 is 82.8. The van der Waals surface area contributed by atoms with Crippen LogP contribution in [0.1, 0.15) is 18.3 Å². The van der Waals surface area contributed by atoms with Gasteiger partial charge < -0.3 is 10.1 Å². The van der Waals surface area contributed by atoms with Gasteiger partial charge in [0.1, 0.15) is 17.9 Å². The molecule has 2 rings (SSSR count). The number of hydrogen-bond donors (Lipinski definition) is 1. The highest BCUT2D eigenvalue weighted by molar-refractivity contribution is 6.09. The summed E-state index contributed by atoms with van der Waals surface area (Å²) in [5.74, 6) is -1.41. The SMILES string of the molecule is C=C(C)OC(=O)N1CC(=O)Nc2c(C(F)(F)F)nnc(C(F)(F)F)c21. The van der Waals surface area contributed by atoms with Crippen LogP contribution in [0.15, 0.2) is 12.3 Å². The van der Waals surface area contributed by atoms with Crippen molar-refractivity contribution in [1.29, 1.82) is 0 Å². The molecule has 1 aromatic heterocycles. The molecular formula is C12H8F6N4O3. The number of ether oxygens (including phenoxy) is 1. The lowest BCUT2D eigenvalue weighted by Crippen LogP contribution is -2.44. The van der Waals surface area contributed by atoms with Crippen molar-refractivity contribution in [3.05, 3.63) is 23.7 Å². The van der Waals surface area contributed by atoms with E-state index in [9.17, 15) is 35.9 Å². The minimum absolute atomic E-state index is 0.0928. The molecule has 0 saturated heterocycles. The van der Waals surface area contributed by atoms with Crippen molar-refractivity contribution in [1.82, 2.24) is 10.2 Å². The molecule has 7 nitrogen and oxygen atoms in total. The lowest BCUT2D eigenvalue weighted by atomic mass is 10.1. The second kappa shape index (κ2) is 5.89. The molecule has 0 spiro atoms. The molecule has 0 fully saturated rings. The number of rotatable bonds is 1. The van der Waals surface area contributed by atoms with Gasteiger partial charge in [0.2, 0.25) is 5.91 Å². The Balaban J connectivity index is 2.76. The Morgan fingerprint density at radius 2 is 1.68 bits per heavy atom. The van der Waals surface area contributed by atoms with Crippen molar-refractivity contribution in [2.24, 2.45) is 0 Å². The van der Waals surface area contributed by atoms with Gasteiger partial charge in [-0.05, 0) is 6.92 Å². The molecule has 0 bridgehead atoms. The number of carbonyl (C=O) groups is 2. The lowest BCUT2D eigenvalue weighted by molar-refractivity contribution is -0.147. The number of amides is 2. The van der Waals surface area contributed by atoms with Gasteiger partial charge in [-0.1, -0.05) is 6.58 Å². The highest BCUT2D eigenvalue weighted by atomic mass is 19.4. The molecule has 0 atom stereocenters. The number of aromatic nitrogens is 2. The Kier molecular flexibility index (Phi) is 4.36. The van der Waals surface area contributed by atoms with Crippen LogP contribution in [0.5, 0.6) is 0 Å². The first kappa shape index (κ1) is 18.5. The van der Waals surface area contributed by atoms with E-state index in [1.807, 2.05) is 0 Å². The minimum Gasteiger partial charge on any atom is -0.415 e. The molecule has 25 heavy (non-hydrogen) atoms. The van der Waals surface area contributed by atoms with E-state index >= 15 is 0 Å². The van der Waals surface area contributed by atoms with E-state index in [4.69, 9.17) is 0 Å². The zero-order valence-corrected chi connectivity index (χ0v) is 12.2. The summed E-state index contributed by atoms with van der Waals surface area (Å²) in [7, 11) is 0. The number of halogens is 6. The molecule has 0 unspecified atom stereocenters. The van der Waals surface area contributed by atoms with E-state index in [0.29, 0.717) is 0 Å². The largest absolute Gasteiger partial charge is 0.437 e. The zero-order chi connectivity index (χ0) is 19.2. The molecule has 1 aliphatic heterocycles. The monoisotopic (exact) mass is 370 g/mol. The minimum atomic E-state index is -5.25. The van der Waals surface area contributed by atoms with Gasteiger partial charge in [-0.3, -0.25) is 9.69 Å². The van der Waals surface area contributed by atoms with Crippen LogP contribution >= 0.6 is 0 Å². The summed E-state index contributed by atoms with van der Waals surface area (Å²) in [5.41, 5.74) is -6.39. The molecule has 2 amide bonds. The molecule has 0 aliphatic carbocycles. The Morgan fingerprint density at radius 3 is 2.16 bits per heavy atom. The Hall–Kier alpha value is -2.86. The third-order valence-corrected chi connectivity index (χ3v) is 2.80. The van der Waals surface area contributed by atoms with Crippen LogP contribution < -0.4 is 10.2 Å². The van der Waals surface area contributed by atoms with E-state index in [-0.39, 0.29) is 10.7 Å². The van der Waals surface area contributed by atoms with Gasteiger partial charge >= 0.3 is 18.4 Å². The van der Waals surface area contributed by atoms with Crippen molar-refractivity contribution in [2.75, 3.05) is 16.8 Å². The third-order valence-electron chi connectivity index (χ3n) is 2.80. The van der Waals surface area contributed by atoms with Crippen molar-refractivity contribution >= 4 is 23.4 Å². The quantitative estimate of drug-likeness (QED) is 0.607. The zero-order valence-electron chi connectivity index (χ0n) is 12.2. The molecule has 0 radical (unpaired) electrons. The van der Waals surface area contributed by atoms with Crippen LogP contribution in [0.3, 0.4) is 0 Å². The van der Waals surface area contributed by atoms with E-state index < -0.39 is 53.7 Å². The summed E-state index contributed by atoms with van der Waals surface area (Å²) in [6, 6.07) is 0. The molecule has 136 valence electrons. The van der Waals surface area contributed by atoms with Crippen LogP contribution in [-0.4, -0.2) is 28.7 Å². The highest BCUT2D eigenvalue weighted by Crippen LogP contribution is 2.45.